The smallest absolute Gasteiger partial charge is 0.241 e. The molecule has 5 heteroatoms. The molecule has 2 rings (SSSR count). The molecule has 0 spiro atoms. The average Bonchev–Trinajstić information content (AvgIpc) is 2.45. The lowest BCUT2D eigenvalue weighted by Crippen LogP contribution is -2.82. The first-order valence-corrected chi connectivity index (χ1v) is 7.71. The number of nitrogens with one attached hydrogen (secondary N) is 1. The van der Waals surface area contributed by atoms with Gasteiger partial charge in [-0.2, -0.15) is 0 Å². The van der Waals surface area contributed by atoms with E-state index < -0.39 is 5.54 Å². The molecule has 4 atom stereocenters. The molecule has 0 radical (unpaired) electrons. The maximum Gasteiger partial charge on any atom is 0.241 e. The first kappa shape index (κ1) is 15.7. The third kappa shape index (κ3) is 2.16. The third-order valence-corrected chi connectivity index (χ3v) is 5.37. The zero-order chi connectivity index (χ0) is 15.0. The predicted octanol–water partition coefficient (Wildman–Crippen LogP) is 0.796. The lowest BCUT2D eigenvalue weighted by atomic mass is 9.46. The minimum absolute atomic E-state index is 0.00714. The number of ether oxygens (including phenoxy) is 1. The highest BCUT2D eigenvalue weighted by atomic mass is 16.5. The van der Waals surface area contributed by atoms with E-state index in [4.69, 9.17) is 15.6 Å². The highest BCUT2D eigenvalue weighted by Gasteiger charge is 2.70. The Morgan fingerprint density at radius 3 is 2.85 bits per heavy atom. The molecule has 2 fully saturated rings. The molecule has 0 aromatic heterocycles. The van der Waals surface area contributed by atoms with Crippen molar-refractivity contribution in [3.63, 3.8) is 0 Å². The van der Waals surface area contributed by atoms with Crippen LogP contribution in [0.1, 0.15) is 46.5 Å². The summed E-state index contributed by atoms with van der Waals surface area (Å²) in [5, 5.41) is 12.1. The van der Waals surface area contributed by atoms with E-state index >= 15 is 0 Å². The van der Waals surface area contributed by atoms with E-state index in [1.807, 2.05) is 20.8 Å². The van der Waals surface area contributed by atoms with Crippen LogP contribution in [0.3, 0.4) is 0 Å². The van der Waals surface area contributed by atoms with Crippen molar-refractivity contribution in [3.8, 4) is 0 Å². The fourth-order valence-electron chi connectivity index (χ4n) is 3.88. The van der Waals surface area contributed by atoms with Crippen LogP contribution >= 0.6 is 0 Å². The van der Waals surface area contributed by atoms with E-state index in [0.717, 1.165) is 25.9 Å². The van der Waals surface area contributed by atoms with Gasteiger partial charge in [0.1, 0.15) is 5.54 Å². The van der Waals surface area contributed by atoms with Gasteiger partial charge < -0.3 is 20.9 Å². The number of nitrogens with two attached hydrogens (primary N) is 1. The SMILES string of the molecule is CCC(CCO)NC(=O)C1(N)C2CCCOC2C1(C)C. The fourth-order valence-corrected chi connectivity index (χ4v) is 3.88. The molecular weight excluding hydrogens is 256 g/mol. The average molecular weight is 284 g/mol. The van der Waals surface area contributed by atoms with Crippen LogP contribution in [-0.4, -0.2) is 41.9 Å². The van der Waals surface area contributed by atoms with Gasteiger partial charge in [0.05, 0.1) is 6.10 Å². The Balaban J connectivity index is 2.11. The number of carbonyl (C=O) groups is 1. The van der Waals surface area contributed by atoms with Crippen LogP contribution in [0.4, 0.5) is 0 Å². The number of carbonyl (C=O) groups excluding carboxylic acids is 1. The van der Waals surface area contributed by atoms with Gasteiger partial charge in [-0.1, -0.05) is 20.8 Å². The van der Waals surface area contributed by atoms with Crippen LogP contribution in [0.5, 0.6) is 0 Å². The van der Waals surface area contributed by atoms with Crippen molar-refractivity contribution < 1.29 is 14.6 Å². The molecule has 2 aliphatic rings. The second-order valence-electron chi connectivity index (χ2n) is 6.72. The maximum absolute atomic E-state index is 12.7. The van der Waals surface area contributed by atoms with E-state index in [9.17, 15) is 4.79 Å². The summed E-state index contributed by atoms with van der Waals surface area (Å²) >= 11 is 0. The van der Waals surface area contributed by atoms with Gasteiger partial charge in [-0.05, 0) is 25.7 Å². The Kier molecular flexibility index (Phi) is 4.42. The van der Waals surface area contributed by atoms with E-state index in [1.165, 1.54) is 0 Å². The molecule has 0 bridgehead atoms. The van der Waals surface area contributed by atoms with Gasteiger partial charge in [-0.3, -0.25) is 4.79 Å². The number of rotatable bonds is 5. The number of aliphatic hydroxyl groups is 1. The Morgan fingerprint density at radius 1 is 1.55 bits per heavy atom. The van der Waals surface area contributed by atoms with Crippen molar-refractivity contribution in [3.05, 3.63) is 0 Å². The summed E-state index contributed by atoms with van der Waals surface area (Å²) < 4.78 is 5.82. The van der Waals surface area contributed by atoms with Gasteiger partial charge >= 0.3 is 0 Å². The van der Waals surface area contributed by atoms with Crippen molar-refractivity contribution in [2.24, 2.45) is 17.1 Å². The molecule has 1 saturated heterocycles. The van der Waals surface area contributed by atoms with Crippen molar-refractivity contribution in [1.29, 1.82) is 0 Å². The van der Waals surface area contributed by atoms with E-state index in [1.54, 1.807) is 0 Å². The molecule has 1 amide bonds. The Bertz CT molecular complexity index is 372. The third-order valence-electron chi connectivity index (χ3n) is 5.37. The normalized spacial score (nSPS) is 36.6. The minimum atomic E-state index is -0.860. The van der Waals surface area contributed by atoms with Crippen LogP contribution in [-0.2, 0) is 9.53 Å². The summed E-state index contributed by atoms with van der Waals surface area (Å²) in [6.07, 6.45) is 3.38. The highest BCUT2D eigenvalue weighted by Crippen LogP contribution is 2.57. The number of aliphatic hydroxyl groups excluding tert-OH is 1. The van der Waals surface area contributed by atoms with Gasteiger partial charge in [-0.25, -0.2) is 0 Å². The van der Waals surface area contributed by atoms with Gasteiger partial charge in [0, 0.05) is 30.6 Å². The van der Waals surface area contributed by atoms with Crippen LogP contribution in [0.15, 0.2) is 0 Å². The highest BCUT2D eigenvalue weighted by molar-refractivity contribution is 5.89. The second kappa shape index (κ2) is 5.62. The summed E-state index contributed by atoms with van der Waals surface area (Å²) in [6.45, 7) is 6.89. The summed E-state index contributed by atoms with van der Waals surface area (Å²) in [5.41, 5.74) is 5.32. The molecule has 1 aliphatic heterocycles. The van der Waals surface area contributed by atoms with E-state index in [2.05, 4.69) is 5.32 Å². The Morgan fingerprint density at radius 2 is 2.25 bits per heavy atom. The molecule has 116 valence electrons. The quantitative estimate of drug-likeness (QED) is 0.697. The molecular formula is C15H28N2O3. The maximum atomic E-state index is 12.7. The fraction of sp³-hybridized carbons (Fsp3) is 0.933. The number of hydrogen-bond donors (Lipinski definition) is 3. The Hall–Kier alpha value is -0.650. The van der Waals surface area contributed by atoms with Crippen molar-refractivity contribution in [1.82, 2.24) is 5.32 Å². The standard InChI is InChI=1S/C15H28N2O3/c1-4-10(7-8-18)17-13(19)15(16)11-6-5-9-20-12(11)14(15,2)3/h10-12,18H,4-9,16H2,1-3H3,(H,17,19). The molecule has 4 unspecified atom stereocenters. The largest absolute Gasteiger partial charge is 0.396 e. The zero-order valence-corrected chi connectivity index (χ0v) is 12.8. The second-order valence-corrected chi connectivity index (χ2v) is 6.72. The molecule has 4 N–H and O–H groups in total. The molecule has 1 aliphatic carbocycles. The van der Waals surface area contributed by atoms with Crippen LogP contribution in [0, 0.1) is 11.3 Å². The van der Waals surface area contributed by atoms with Gasteiger partial charge in [-0.15, -0.1) is 0 Å². The molecule has 0 aromatic carbocycles. The topological polar surface area (TPSA) is 84.6 Å². The zero-order valence-electron chi connectivity index (χ0n) is 12.8. The van der Waals surface area contributed by atoms with Crippen LogP contribution in [0.2, 0.25) is 0 Å². The van der Waals surface area contributed by atoms with Crippen LogP contribution in [0.25, 0.3) is 0 Å². The monoisotopic (exact) mass is 284 g/mol. The minimum Gasteiger partial charge on any atom is -0.396 e. The lowest BCUT2D eigenvalue weighted by Gasteiger charge is -2.65. The predicted molar refractivity (Wildman–Crippen MR) is 77.1 cm³/mol. The van der Waals surface area contributed by atoms with Crippen molar-refractivity contribution >= 4 is 5.91 Å². The molecule has 20 heavy (non-hydrogen) atoms. The summed E-state index contributed by atoms with van der Waals surface area (Å²) in [6, 6.07) is -0.00714. The van der Waals surface area contributed by atoms with Crippen LogP contribution < -0.4 is 11.1 Å². The first-order valence-electron chi connectivity index (χ1n) is 7.71. The van der Waals surface area contributed by atoms with Crippen molar-refractivity contribution in [2.45, 2.75) is 64.1 Å². The molecule has 1 heterocycles. The van der Waals surface area contributed by atoms with E-state index in [0.29, 0.717) is 6.42 Å². The van der Waals surface area contributed by atoms with Gasteiger partial charge in [0.25, 0.3) is 0 Å². The first-order chi connectivity index (χ1) is 9.39. The van der Waals surface area contributed by atoms with Crippen molar-refractivity contribution in [2.75, 3.05) is 13.2 Å². The number of hydrogen-bond acceptors (Lipinski definition) is 4. The number of fused-ring (bicyclic) bond motifs is 1. The molecule has 5 nitrogen and oxygen atoms in total. The van der Waals surface area contributed by atoms with E-state index in [-0.39, 0.29) is 36.0 Å². The molecule has 0 aromatic rings. The number of amides is 1. The molecule has 1 saturated carbocycles. The summed E-state index contributed by atoms with van der Waals surface area (Å²) in [5.74, 6) is 0.0208. The lowest BCUT2D eigenvalue weighted by molar-refractivity contribution is -0.225. The Labute approximate surface area is 121 Å². The summed E-state index contributed by atoms with van der Waals surface area (Å²) in [4.78, 5) is 12.7. The van der Waals surface area contributed by atoms with Gasteiger partial charge in [0.15, 0.2) is 0 Å². The van der Waals surface area contributed by atoms with Gasteiger partial charge in [0.2, 0.25) is 5.91 Å². The summed E-state index contributed by atoms with van der Waals surface area (Å²) in [7, 11) is 0.